The van der Waals surface area contributed by atoms with Crippen molar-refractivity contribution in [3.8, 4) is 28.8 Å². The number of nitrogens with one attached hydrogen (secondary N) is 1. The molecule has 3 aromatic rings. The average Bonchev–Trinajstić information content (AvgIpc) is 2.74. The van der Waals surface area contributed by atoms with Gasteiger partial charge in [0.25, 0.3) is 5.91 Å². The fraction of sp³-hybridized carbons (Fsp3) is 0.136. The molecule has 11 heteroatoms. The van der Waals surface area contributed by atoms with Crippen LogP contribution in [0.15, 0.2) is 36.5 Å². The van der Waals surface area contributed by atoms with Gasteiger partial charge in [0.15, 0.2) is 0 Å². The number of ether oxygens (including phenoxy) is 1. The van der Waals surface area contributed by atoms with Crippen LogP contribution in [0, 0.1) is 31.0 Å². The number of aryl methyl sites for hydroxylation is 1. The molecule has 3 rings (SSSR count). The van der Waals surface area contributed by atoms with Gasteiger partial charge < -0.3 is 4.74 Å². The zero-order chi connectivity index (χ0) is 24.5. The van der Waals surface area contributed by atoms with E-state index >= 15 is 0 Å². The van der Waals surface area contributed by atoms with Crippen LogP contribution in [0.4, 0.5) is 4.39 Å². The molecule has 0 saturated heterocycles. The van der Waals surface area contributed by atoms with Gasteiger partial charge in [0.05, 0.1) is 11.8 Å². The summed E-state index contributed by atoms with van der Waals surface area (Å²) in [7, 11) is -3.89. The van der Waals surface area contributed by atoms with E-state index in [0.29, 0.717) is 16.3 Å². The zero-order valence-electron chi connectivity index (χ0n) is 17.5. The van der Waals surface area contributed by atoms with Crippen LogP contribution in [0.1, 0.15) is 27.0 Å². The predicted molar refractivity (Wildman–Crippen MR) is 123 cm³/mol. The zero-order valence-corrected chi connectivity index (χ0v) is 19.9. The minimum absolute atomic E-state index is 0.0236. The number of nitriles is 1. The highest BCUT2D eigenvalue weighted by molar-refractivity contribution is 7.89. The summed E-state index contributed by atoms with van der Waals surface area (Å²) in [5.41, 5.74) is 1.42. The SMILES string of the molecule is Cc1ccc(Cl)c(C)c1Oc1ncc(-c2cc(F)c(C(=O)NS(C)(=O)=O)cc2Cl)cc1C#N. The molecule has 1 N–H and O–H groups in total. The van der Waals surface area contributed by atoms with E-state index in [4.69, 9.17) is 27.9 Å². The molecule has 33 heavy (non-hydrogen) atoms. The van der Waals surface area contributed by atoms with Gasteiger partial charge in [-0.15, -0.1) is 0 Å². The number of amides is 1. The molecule has 7 nitrogen and oxygen atoms in total. The van der Waals surface area contributed by atoms with Crippen molar-refractivity contribution < 1.29 is 22.3 Å². The van der Waals surface area contributed by atoms with Gasteiger partial charge in [-0.3, -0.25) is 4.79 Å². The number of benzene rings is 2. The Morgan fingerprint density at radius 3 is 2.52 bits per heavy atom. The standard InChI is InChI=1S/C22H16Cl2FN3O4S/c1-11-4-5-17(23)12(2)20(11)32-22-13(9-26)6-14(10-27-22)15-8-19(25)16(7-18(15)24)21(29)28-33(3,30)31/h4-8,10H,1-3H3,(H,28,29). The maximum Gasteiger partial charge on any atom is 0.267 e. The number of pyridine rings is 1. The lowest BCUT2D eigenvalue weighted by Crippen LogP contribution is -2.30. The Bertz CT molecular complexity index is 1440. The fourth-order valence-corrected chi connectivity index (χ4v) is 3.85. The van der Waals surface area contributed by atoms with Crippen LogP contribution in [-0.2, 0) is 10.0 Å². The maximum absolute atomic E-state index is 14.6. The molecule has 0 aliphatic carbocycles. The molecule has 0 aliphatic rings. The number of sulfonamides is 1. The Balaban J connectivity index is 2.01. The molecule has 0 aliphatic heterocycles. The van der Waals surface area contributed by atoms with E-state index in [1.807, 2.05) is 13.0 Å². The largest absolute Gasteiger partial charge is 0.437 e. The highest BCUT2D eigenvalue weighted by atomic mass is 35.5. The second-order valence-corrected chi connectivity index (χ2v) is 9.69. The number of nitrogens with zero attached hydrogens (tertiary/aromatic N) is 2. The molecule has 1 heterocycles. The lowest BCUT2D eigenvalue weighted by Gasteiger charge is -2.14. The highest BCUT2D eigenvalue weighted by Gasteiger charge is 2.20. The van der Waals surface area contributed by atoms with Crippen LogP contribution >= 0.6 is 23.2 Å². The second kappa shape index (κ2) is 9.35. The monoisotopic (exact) mass is 507 g/mol. The number of rotatable bonds is 5. The van der Waals surface area contributed by atoms with Crippen molar-refractivity contribution in [2.75, 3.05) is 6.26 Å². The molecular weight excluding hydrogens is 492 g/mol. The summed E-state index contributed by atoms with van der Waals surface area (Å²) in [6.07, 6.45) is 2.10. The van der Waals surface area contributed by atoms with E-state index in [9.17, 15) is 22.9 Å². The maximum atomic E-state index is 14.6. The highest BCUT2D eigenvalue weighted by Crippen LogP contribution is 2.36. The van der Waals surface area contributed by atoms with Crippen molar-refractivity contribution in [2.24, 2.45) is 0 Å². The Hall–Kier alpha value is -3.19. The number of carbonyl (C=O) groups excluding carboxylic acids is 1. The molecule has 0 atom stereocenters. The van der Waals surface area contributed by atoms with Gasteiger partial charge in [-0.2, -0.15) is 5.26 Å². The van der Waals surface area contributed by atoms with Gasteiger partial charge in [-0.1, -0.05) is 29.3 Å². The van der Waals surface area contributed by atoms with E-state index < -0.39 is 27.3 Å². The Kier molecular flexibility index (Phi) is 6.93. The third-order valence-electron chi connectivity index (χ3n) is 4.60. The van der Waals surface area contributed by atoms with Gasteiger partial charge in [-0.05, 0) is 43.7 Å². The van der Waals surface area contributed by atoms with E-state index in [1.165, 1.54) is 12.3 Å². The molecular formula is C22H16Cl2FN3O4S. The fourth-order valence-electron chi connectivity index (χ4n) is 2.98. The second-order valence-electron chi connectivity index (χ2n) is 7.12. The first-order valence-corrected chi connectivity index (χ1v) is 11.9. The van der Waals surface area contributed by atoms with Crippen molar-refractivity contribution in [1.29, 1.82) is 5.26 Å². The molecule has 1 amide bonds. The third kappa shape index (κ3) is 5.42. The minimum Gasteiger partial charge on any atom is -0.437 e. The van der Waals surface area contributed by atoms with Crippen LogP contribution in [0.5, 0.6) is 11.6 Å². The van der Waals surface area contributed by atoms with E-state index in [-0.39, 0.29) is 27.6 Å². The molecule has 0 saturated carbocycles. The molecule has 0 fully saturated rings. The third-order valence-corrected chi connectivity index (χ3v) is 5.88. The topological polar surface area (TPSA) is 109 Å². The first-order valence-electron chi connectivity index (χ1n) is 9.26. The van der Waals surface area contributed by atoms with Gasteiger partial charge in [0.1, 0.15) is 23.2 Å². The normalized spacial score (nSPS) is 11.1. The quantitative estimate of drug-likeness (QED) is 0.510. The Morgan fingerprint density at radius 1 is 1.18 bits per heavy atom. The smallest absolute Gasteiger partial charge is 0.267 e. The Morgan fingerprint density at radius 2 is 1.88 bits per heavy atom. The van der Waals surface area contributed by atoms with E-state index in [2.05, 4.69) is 4.98 Å². The number of halogens is 3. The molecule has 170 valence electrons. The molecule has 0 spiro atoms. The lowest BCUT2D eigenvalue weighted by molar-refractivity contribution is 0.0978. The van der Waals surface area contributed by atoms with Gasteiger partial charge >= 0.3 is 0 Å². The summed E-state index contributed by atoms with van der Waals surface area (Å²) >= 11 is 12.4. The summed E-state index contributed by atoms with van der Waals surface area (Å²) in [6.45, 7) is 3.60. The van der Waals surface area contributed by atoms with Gasteiger partial charge in [0.2, 0.25) is 15.9 Å². The van der Waals surface area contributed by atoms with Crippen molar-refractivity contribution in [1.82, 2.24) is 9.71 Å². The summed E-state index contributed by atoms with van der Waals surface area (Å²) in [4.78, 5) is 16.2. The van der Waals surface area contributed by atoms with Crippen molar-refractivity contribution >= 4 is 39.1 Å². The summed E-state index contributed by atoms with van der Waals surface area (Å²) in [5.74, 6) is -1.67. The predicted octanol–water partition coefficient (Wildman–Crippen LogP) is 5.16. The number of hydrogen-bond acceptors (Lipinski definition) is 6. The van der Waals surface area contributed by atoms with Crippen molar-refractivity contribution in [2.45, 2.75) is 13.8 Å². The first-order chi connectivity index (χ1) is 15.4. The molecule has 1 aromatic heterocycles. The van der Waals surface area contributed by atoms with Crippen molar-refractivity contribution in [3.63, 3.8) is 0 Å². The molecule has 2 aromatic carbocycles. The molecule has 0 radical (unpaired) electrons. The van der Waals surface area contributed by atoms with Crippen LogP contribution in [0.2, 0.25) is 10.0 Å². The summed E-state index contributed by atoms with van der Waals surface area (Å²) in [5, 5.41) is 10.0. The summed E-state index contributed by atoms with van der Waals surface area (Å²) < 4.78 is 44.6. The number of carbonyl (C=O) groups is 1. The Labute approximate surface area is 199 Å². The molecule has 0 unspecified atom stereocenters. The molecule has 0 bridgehead atoms. The van der Waals surface area contributed by atoms with Crippen LogP contribution in [0.3, 0.4) is 0 Å². The van der Waals surface area contributed by atoms with E-state index in [1.54, 1.807) is 23.8 Å². The van der Waals surface area contributed by atoms with Crippen LogP contribution in [0.25, 0.3) is 11.1 Å². The number of hydrogen-bond donors (Lipinski definition) is 1. The van der Waals surface area contributed by atoms with Gasteiger partial charge in [-0.25, -0.2) is 22.5 Å². The summed E-state index contributed by atoms with van der Waals surface area (Å²) in [6, 6.07) is 8.86. The van der Waals surface area contributed by atoms with Crippen LogP contribution < -0.4 is 9.46 Å². The first kappa shape index (κ1) is 24.5. The lowest BCUT2D eigenvalue weighted by atomic mass is 10.0. The minimum atomic E-state index is -3.89. The average molecular weight is 508 g/mol. The number of aromatic nitrogens is 1. The van der Waals surface area contributed by atoms with Crippen molar-refractivity contribution in [3.05, 3.63) is 74.6 Å². The van der Waals surface area contributed by atoms with Crippen LogP contribution in [-0.4, -0.2) is 25.6 Å². The van der Waals surface area contributed by atoms with E-state index in [0.717, 1.165) is 24.0 Å². The van der Waals surface area contributed by atoms with Gasteiger partial charge in [0, 0.05) is 32.9 Å².